The van der Waals surface area contributed by atoms with Gasteiger partial charge in [-0.25, -0.2) is 4.79 Å². The van der Waals surface area contributed by atoms with Crippen LogP contribution in [0.2, 0.25) is 0 Å². The fraction of sp³-hybridized carbons (Fsp3) is 0.556. The molecule has 0 aromatic heterocycles. The molecule has 0 saturated heterocycles. The predicted octanol–water partition coefficient (Wildman–Crippen LogP) is 0.115. The highest BCUT2D eigenvalue weighted by molar-refractivity contribution is 6.02. The Kier molecular flexibility index (Phi) is 12.4. The Morgan fingerprint density at radius 2 is 1.62 bits per heavy atom. The van der Waals surface area contributed by atoms with E-state index in [0.717, 1.165) is 19.3 Å². The van der Waals surface area contributed by atoms with Gasteiger partial charge in [0.15, 0.2) is 5.96 Å². The minimum atomic E-state index is -1.21. The van der Waals surface area contributed by atoms with E-state index in [-0.39, 0.29) is 37.1 Å². The number of carbonyl (C=O) groups excluding carboxylic acids is 3. The second-order valence-electron chi connectivity index (χ2n) is 10.4. The molecule has 220 valence electrons. The molecule has 3 atom stereocenters. The van der Waals surface area contributed by atoms with Gasteiger partial charge >= 0.3 is 5.97 Å². The van der Waals surface area contributed by atoms with Gasteiger partial charge in [-0.15, -0.1) is 0 Å². The number of amides is 3. The first-order valence-corrected chi connectivity index (χ1v) is 13.5. The molecule has 1 fully saturated rings. The summed E-state index contributed by atoms with van der Waals surface area (Å²) < 4.78 is 0. The number of nitrogen functional groups attached to an aromatic ring is 1. The molecule has 2 rings (SSSR count). The largest absolute Gasteiger partial charge is 0.480 e. The number of guanidine groups is 1. The molecule has 13 nitrogen and oxygen atoms in total. The average Bonchev–Trinajstić information content (AvgIpc) is 2.91. The number of nitrogens with one attached hydrogen (secondary N) is 5. The van der Waals surface area contributed by atoms with Crippen molar-refractivity contribution in [3.05, 3.63) is 35.4 Å². The van der Waals surface area contributed by atoms with Gasteiger partial charge < -0.3 is 37.4 Å². The highest BCUT2D eigenvalue weighted by Gasteiger charge is 2.37. The number of hydrogen-bond acceptors (Lipinski definition) is 6. The van der Waals surface area contributed by atoms with Crippen LogP contribution in [0.25, 0.3) is 0 Å². The molecule has 1 aliphatic rings. The Bertz CT molecular complexity index is 1070. The first-order chi connectivity index (χ1) is 18.9. The smallest absolute Gasteiger partial charge is 0.326 e. The van der Waals surface area contributed by atoms with Gasteiger partial charge in [-0.2, -0.15) is 0 Å². The molecule has 0 aliphatic heterocycles. The van der Waals surface area contributed by atoms with E-state index in [4.69, 9.17) is 22.3 Å². The van der Waals surface area contributed by atoms with Crippen molar-refractivity contribution >= 4 is 35.5 Å². The zero-order valence-electron chi connectivity index (χ0n) is 23.2. The van der Waals surface area contributed by atoms with Crippen molar-refractivity contribution in [2.45, 2.75) is 63.5 Å². The topological polar surface area (TPSA) is 228 Å². The van der Waals surface area contributed by atoms with Crippen molar-refractivity contribution in [1.29, 1.82) is 10.8 Å². The Morgan fingerprint density at radius 1 is 1.00 bits per heavy atom. The molecule has 1 aromatic rings. The van der Waals surface area contributed by atoms with Gasteiger partial charge in [0.05, 0.1) is 0 Å². The van der Waals surface area contributed by atoms with E-state index >= 15 is 0 Å². The van der Waals surface area contributed by atoms with Crippen LogP contribution in [0.15, 0.2) is 24.3 Å². The van der Waals surface area contributed by atoms with Crippen LogP contribution < -0.4 is 27.4 Å². The SMILES string of the molecule is CN(C)C(=O)[C@@H](Cc1ccc(C(=N)N)cc1)C(=O)N[C@H](C(=O)NC(CCCNC(=N)N)C(=O)O)C1CCCCC1. The third-order valence-electron chi connectivity index (χ3n) is 7.06. The summed E-state index contributed by atoms with van der Waals surface area (Å²) in [6.07, 6.45) is 4.68. The van der Waals surface area contributed by atoms with Gasteiger partial charge in [0.25, 0.3) is 0 Å². The molecule has 3 amide bonds. The highest BCUT2D eigenvalue weighted by Crippen LogP contribution is 2.27. The van der Waals surface area contributed by atoms with Gasteiger partial charge in [-0.1, -0.05) is 43.5 Å². The fourth-order valence-corrected chi connectivity index (χ4v) is 4.83. The van der Waals surface area contributed by atoms with Crippen molar-refractivity contribution in [3.8, 4) is 0 Å². The maximum absolute atomic E-state index is 13.6. The number of rotatable bonds is 14. The molecule has 13 heteroatoms. The summed E-state index contributed by atoms with van der Waals surface area (Å²) in [5, 5.41) is 32.4. The number of carboxylic acids is 1. The summed E-state index contributed by atoms with van der Waals surface area (Å²) >= 11 is 0. The molecule has 10 N–H and O–H groups in total. The van der Waals surface area contributed by atoms with Crippen LogP contribution in [0, 0.1) is 22.7 Å². The fourth-order valence-electron chi connectivity index (χ4n) is 4.83. The quantitative estimate of drug-likeness (QED) is 0.0675. The zero-order valence-corrected chi connectivity index (χ0v) is 23.2. The Balaban J connectivity index is 2.23. The molecular formula is C27H42N8O5. The first kappa shape index (κ1) is 32.1. The lowest BCUT2D eigenvalue weighted by molar-refractivity contribution is -0.143. The van der Waals surface area contributed by atoms with Crippen LogP contribution in [0.5, 0.6) is 0 Å². The van der Waals surface area contributed by atoms with Crippen molar-refractivity contribution in [1.82, 2.24) is 20.9 Å². The van der Waals surface area contributed by atoms with Crippen LogP contribution in [-0.2, 0) is 25.6 Å². The Hall–Kier alpha value is -4.16. The van der Waals surface area contributed by atoms with E-state index in [0.29, 0.717) is 30.4 Å². The second kappa shape index (κ2) is 15.4. The van der Waals surface area contributed by atoms with E-state index in [1.54, 1.807) is 38.4 Å². The van der Waals surface area contributed by atoms with Gasteiger partial charge in [-0.3, -0.25) is 25.2 Å². The third kappa shape index (κ3) is 9.86. The number of hydrogen-bond donors (Lipinski definition) is 8. The zero-order chi connectivity index (χ0) is 29.8. The lowest BCUT2D eigenvalue weighted by atomic mass is 9.83. The van der Waals surface area contributed by atoms with E-state index in [9.17, 15) is 24.3 Å². The molecular weight excluding hydrogens is 516 g/mol. The molecule has 1 aliphatic carbocycles. The van der Waals surface area contributed by atoms with Crippen LogP contribution in [0.4, 0.5) is 0 Å². The van der Waals surface area contributed by atoms with Crippen molar-refractivity contribution in [2.75, 3.05) is 20.6 Å². The van der Waals surface area contributed by atoms with Gasteiger partial charge in [0, 0.05) is 26.2 Å². The summed E-state index contributed by atoms with van der Waals surface area (Å²) in [6.45, 7) is 0.277. The van der Waals surface area contributed by atoms with E-state index < -0.39 is 41.7 Å². The molecule has 0 heterocycles. The number of aliphatic carboxylic acids is 1. The molecule has 1 aromatic carbocycles. The van der Waals surface area contributed by atoms with E-state index in [1.165, 1.54) is 4.90 Å². The standard InChI is InChI=1S/C27H42N8O5/c1-35(2)25(38)19(15-16-10-12-18(13-11-16)22(28)29)23(36)34-21(17-7-4-3-5-8-17)24(37)33-20(26(39)40)9-6-14-32-27(30)31/h10-13,17,19-21H,3-9,14-15H2,1-2H3,(H3,28,29)(H,33,37)(H,34,36)(H,39,40)(H4,30,31,32)/t19-,20?,21-/m0/s1. The number of benzene rings is 1. The number of nitrogens with two attached hydrogens (primary N) is 2. The van der Waals surface area contributed by atoms with Crippen LogP contribution >= 0.6 is 0 Å². The summed E-state index contributed by atoms with van der Waals surface area (Å²) in [7, 11) is 3.09. The minimum absolute atomic E-state index is 0.0704. The Morgan fingerprint density at radius 3 is 2.15 bits per heavy atom. The molecule has 40 heavy (non-hydrogen) atoms. The lowest BCUT2D eigenvalue weighted by Crippen LogP contribution is -2.57. The lowest BCUT2D eigenvalue weighted by Gasteiger charge is -2.32. The maximum Gasteiger partial charge on any atom is 0.326 e. The summed E-state index contributed by atoms with van der Waals surface area (Å²) in [6, 6.07) is 4.49. The molecule has 0 spiro atoms. The van der Waals surface area contributed by atoms with Crippen LogP contribution in [0.3, 0.4) is 0 Å². The molecule has 1 unspecified atom stereocenters. The van der Waals surface area contributed by atoms with Crippen molar-refractivity contribution < 1.29 is 24.3 Å². The predicted molar refractivity (Wildman–Crippen MR) is 151 cm³/mol. The summed E-state index contributed by atoms with van der Waals surface area (Å²) in [5.41, 5.74) is 12.0. The monoisotopic (exact) mass is 558 g/mol. The van der Waals surface area contributed by atoms with Crippen LogP contribution in [0.1, 0.15) is 56.1 Å². The number of carboxylic acid groups (broad SMARTS) is 1. The average molecular weight is 559 g/mol. The van der Waals surface area contributed by atoms with Gasteiger partial charge in [-0.05, 0) is 43.6 Å². The van der Waals surface area contributed by atoms with E-state index in [2.05, 4.69) is 16.0 Å². The van der Waals surface area contributed by atoms with Crippen molar-refractivity contribution in [3.63, 3.8) is 0 Å². The first-order valence-electron chi connectivity index (χ1n) is 13.5. The molecule has 0 radical (unpaired) electrons. The van der Waals surface area contributed by atoms with Crippen molar-refractivity contribution in [2.24, 2.45) is 23.3 Å². The maximum atomic E-state index is 13.6. The minimum Gasteiger partial charge on any atom is -0.480 e. The van der Waals surface area contributed by atoms with Gasteiger partial charge in [0.1, 0.15) is 23.8 Å². The summed E-state index contributed by atoms with van der Waals surface area (Å²) in [5.74, 6) is -4.50. The number of carbonyl (C=O) groups is 4. The van der Waals surface area contributed by atoms with Crippen LogP contribution in [-0.4, -0.2) is 78.2 Å². The van der Waals surface area contributed by atoms with Gasteiger partial charge in [0.2, 0.25) is 17.7 Å². The third-order valence-corrected chi connectivity index (χ3v) is 7.06. The van der Waals surface area contributed by atoms with E-state index in [1.807, 2.05) is 0 Å². The number of amidine groups is 1. The normalized spacial score (nSPS) is 15.7. The number of nitrogens with zero attached hydrogens (tertiary/aromatic N) is 1. The summed E-state index contributed by atoms with van der Waals surface area (Å²) in [4.78, 5) is 53.2. The highest BCUT2D eigenvalue weighted by atomic mass is 16.4. The Labute approximate surface area is 234 Å². The second-order valence-corrected chi connectivity index (χ2v) is 10.4. The molecule has 0 bridgehead atoms. The molecule has 1 saturated carbocycles.